The number of rotatable bonds is 0. The van der Waals surface area contributed by atoms with Crippen molar-refractivity contribution in [3.63, 3.8) is 0 Å². The quantitative estimate of drug-likeness (QED) is 0.645. The average molecular weight is 290 g/mol. The molecule has 1 aromatic rings. The second-order valence-electron chi connectivity index (χ2n) is 6.44. The fourth-order valence-corrected chi connectivity index (χ4v) is 4.84. The number of nitrogens with one attached hydrogen (secondary N) is 1. The Morgan fingerprint density at radius 2 is 2.38 bits per heavy atom. The first kappa shape index (κ1) is 9.43. The summed E-state index contributed by atoms with van der Waals surface area (Å²) in [6.45, 7) is 0.575. The summed E-state index contributed by atoms with van der Waals surface area (Å²) in [4.78, 5) is 12.8. The zero-order valence-electron chi connectivity index (χ0n) is 14.3. The number of aliphatic hydroxyl groups is 1. The molecule has 1 saturated heterocycles. The molecule has 2 fully saturated rings. The van der Waals surface area contributed by atoms with Crippen LogP contribution >= 0.6 is 0 Å². The number of ether oxygens (including phenoxy) is 1. The highest BCUT2D eigenvalue weighted by atomic mass is 16.5. The van der Waals surface area contributed by atoms with Gasteiger partial charge in [-0.05, 0) is 37.4 Å². The smallest absolute Gasteiger partial charge is 0.174 e. The van der Waals surface area contributed by atoms with Gasteiger partial charge in [-0.3, -0.25) is 4.79 Å². The molecular weight excluding hydrogens is 270 g/mol. The van der Waals surface area contributed by atoms with Crippen LogP contribution in [0.2, 0.25) is 0 Å². The van der Waals surface area contributed by atoms with E-state index in [0.717, 1.165) is 5.56 Å². The number of aromatic hydroxyl groups is 1. The highest BCUT2D eigenvalue weighted by molar-refractivity contribution is 5.90. The minimum absolute atomic E-state index is 0.0762. The highest BCUT2D eigenvalue weighted by Gasteiger charge is 2.71. The van der Waals surface area contributed by atoms with Crippen molar-refractivity contribution in [3.8, 4) is 11.5 Å². The minimum Gasteiger partial charge on any atom is -0.504 e. The Hall–Kier alpha value is -1.59. The Kier molecular flexibility index (Phi) is 1.53. The van der Waals surface area contributed by atoms with E-state index >= 15 is 0 Å². The number of phenolic OH excluding ortho intramolecular Hbond substituents is 1. The number of piperidine rings is 1. The predicted molar refractivity (Wildman–Crippen MR) is 73.5 cm³/mol. The fourth-order valence-electron chi connectivity index (χ4n) is 4.84. The van der Waals surface area contributed by atoms with Gasteiger partial charge in [-0.25, -0.2) is 0 Å². The third-order valence-corrected chi connectivity index (χ3v) is 5.73. The van der Waals surface area contributed by atoms with Crippen LogP contribution in [-0.4, -0.2) is 40.3 Å². The van der Waals surface area contributed by atoms with Gasteiger partial charge >= 0.3 is 0 Å². The number of hydrogen-bond acceptors (Lipinski definition) is 5. The molecule has 1 aromatic carbocycles. The number of Topliss-reactive ketones (excluding diaryl/α,β-unsaturated/α-hetero) is 1. The summed E-state index contributed by atoms with van der Waals surface area (Å²) in [6.07, 6.45) is -2.83. The van der Waals surface area contributed by atoms with E-state index in [4.69, 9.17) is 8.85 Å². The Bertz CT molecular complexity index is 813. The molecule has 0 radical (unpaired) electrons. The normalized spacial score (nSPS) is 46.9. The van der Waals surface area contributed by atoms with Gasteiger partial charge < -0.3 is 20.3 Å². The van der Waals surface area contributed by atoms with Crippen molar-refractivity contribution in [2.45, 2.75) is 48.8 Å². The van der Waals surface area contributed by atoms with Crippen LogP contribution in [-0.2, 0) is 16.6 Å². The molecule has 2 aliphatic carbocycles. The Balaban J connectivity index is 1.88. The predicted octanol–water partition coefficient (Wildman–Crippen LogP) is 0.403. The lowest BCUT2D eigenvalue weighted by Gasteiger charge is -2.59. The van der Waals surface area contributed by atoms with Crippen LogP contribution in [0.25, 0.3) is 0 Å². The molecule has 0 unspecified atom stereocenters. The molecule has 5 nitrogen and oxygen atoms in total. The first-order valence-corrected chi connectivity index (χ1v) is 7.25. The van der Waals surface area contributed by atoms with Crippen LogP contribution in [0.4, 0.5) is 0 Å². The maximum atomic E-state index is 12.8. The van der Waals surface area contributed by atoms with Crippen molar-refractivity contribution in [2.24, 2.45) is 0 Å². The van der Waals surface area contributed by atoms with E-state index in [0.29, 0.717) is 24.9 Å². The molecule has 4 aliphatic rings. The summed E-state index contributed by atoms with van der Waals surface area (Å²) < 4.78 is 29.9. The first-order chi connectivity index (χ1) is 11.2. The van der Waals surface area contributed by atoms with Crippen molar-refractivity contribution < 1.29 is 23.9 Å². The highest BCUT2D eigenvalue weighted by Crippen LogP contribution is 2.63. The maximum absolute atomic E-state index is 12.8. The summed E-state index contributed by atoms with van der Waals surface area (Å²) in [5.41, 5.74) is -1.14. The first-order valence-electron chi connectivity index (χ1n) is 8.75. The monoisotopic (exact) mass is 290 g/mol. The largest absolute Gasteiger partial charge is 0.504 e. The second kappa shape index (κ2) is 3.42. The third-order valence-electron chi connectivity index (χ3n) is 5.73. The molecular formula is C16H17NO4. The molecule has 1 spiro atoms. The summed E-state index contributed by atoms with van der Waals surface area (Å²) in [6, 6.07) is 1.07. The lowest BCUT2D eigenvalue weighted by Crippen LogP contribution is -2.76. The van der Waals surface area contributed by atoms with Crippen molar-refractivity contribution in [1.82, 2.24) is 5.32 Å². The molecule has 5 heteroatoms. The summed E-state index contributed by atoms with van der Waals surface area (Å²) in [5, 5.41) is 25.1. The van der Waals surface area contributed by atoms with Crippen molar-refractivity contribution >= 4 is 5.78 Å². The molecule has 3 N–H and O–H groups in total. The number of benzene rings is 1. The lowest BCUT2D eigenvalue weighted by molar-refractivity contribution is -0.166. The van der Waals surface area contributed by atoms with Gasteiger partial charge in [-0.1, -0.05) is 6.07 Å². The standard InChI is InChI=1S/C16H17NO4/c18-9-2-1-8-7-11-16(20)4-3-10(19)14-15(16,5-6-17-11)12(8)13(9)21-14/h1-2,11,14,17-18,20H,3-7H2/t11-,14+,15+,16-/m1/s1/i2D,3D2. The molecule has 2 aliphatic heterocycles. The third kappa shape index (κ3) is 1.09. The zero-order valence-corrected chi connectivity index (χ0v) is 11.3. The Morgan fingerprint density at radius 3 is 3.24 bits per heavy atom. The number of phenols is 1. The van der Waals surface area contributed by atoms with Crippen LogP contribution in [0.3, 0.4) is 0 Å². The van der Waals surface area contributed by atoms with Crippen molar-refractivity contribution in [3.05, 3.63) is 23.2 Å². The van der Waals surface area contributed by atoms with Crippen LogP contribution in [0.5, 0.6) is 11.5 Å². The molecule has 110 valence electrons. The van der Waals surface area contributed by atoms with Gasteiger partial charge in [-0.2, -0.15) is 0 Å². The van der Waals surface area contributed by atoms with E-state index in [1.165, 1.54) is 0 Å². The van der Waals surface area contributed by atoms with Gasteiger partial charge in [0.05, 0.1) is 12.4 Å². The summed E-state index contributed by atoms with van der Waals surface area (Å²) in [5.74, 6) is -0.958. The SMILES string of the molecule is [2H]c1cc2c3c(c1O)O[C@H]1C(=O)C([2H])([2H])C[C@@]4(O)[C@@H](C2)NCC[C@]314. The molecule has 1 saturated carbocycles. The Labute approximate surface area is 126 Å². The summed E-state index contributed by atoms with van der Waals surface area (Å²) >= 11 is 0. The summed E-state index contributed by atoms with van der Waals surface area (Å²) in [7, 11) is 0. The van der Waals surface area contributed by atoms with Crippen molar-refractivity contribution in [2.75, 3.05) is 6.54 Å². The molecule has 21 heavy (non-hydrogen) atoms. The van der Waals surface area contributed by atoms with Gasteiger partial charge in [0.1, 0.15) is 0 Å². The molecule has 4 atom stereocenters. The molecule has 0 aromatic heterocycles. The number of ketones is 1. The molecule has 5 rings (SSSR count). The van der Waals surface area contributed by atoms with E-state index in [-0.39, 0.29) is 24.0 Å². The second-order valence-corrected chi connectivity index (χ2v) is 6.44. The minimum atomic E-state index is -2.20. The van der Waals surface area contributed by atoms with Crippen molar-refractivity contribution in [1.29, 1.82) is 0 Å². The zero-order chi connectivity index (χ0) is 17.1. The fraction of sp³-hybridized carbons (Fsp3) is 0.562. The van der Waals surface area contributed by atoms with Crippen LogP contribution in [0.1, 0.15) is 34.5 Å². The van der Waals surface area contributed by atoms with Gasteiger partial charge in [0.25, 0.3) is 0 Å². The number of carbonyl (C=O) groups excluding carboxylic acids is 1. The van der Waals surface area contributed by atoms with Crippen LogP contribution in [0, 0.1) is 0 Å². The van der Waals surface area contributed by atoms with Crippen LogP contribution < -0.4 is 10.1 Å². The number of carbonyl (C=O) groups is 1. The van der Waals surface area contributed by atoms with E-state index in [1.54, 1.807) is 6.07 Å². The average Bonchev–Trinajstić information content (AvgIpc) is 2.82. The van der Waals surface area contributed by atoms with E-state index in [1.807, 2.05) is 0 Å². The molecule has 2 bridgehead atoms. The topological polar surface area (TPSA) is 78.8 Å². The number of hydrogen-bond donors (Lipinski definition) is 3. The maximum Gasteiger partial charge on any atom is 0.174 e. The van der Waals surface area contributed by atoms with E-state index in [2.05, 4.69) is 5.32 Å². The Morgan fingerprint density at radius 1 is 1.52 bits per heavy atom. The van der Waals surface area contributed by atoms with Gasteiger partial charge in [-0.15, -0.1) is 0 Å². The van der Waals surface area contributed by atoms with Crippen LogP contribution in [0.15, 0.2) is 12.1 Å². The van der Waals surface area contributed by atoms with Gasteiger partial charge in [0.15, 0.2) is 23.4 Å². The molecule has 0 amide bonds. The molecule has 2 heterocycles. The van der Waals surface area contributed by atoms with Gasteiger partial charge in [0.2, 0.25) is 0 Å². The van der Waals surface area contributed by atoms with E-state index in [9.17, 15) is 15.0 Å². The van der Waals surface area contributed by atoms with E-state index < -0.39 is 35.3 Å². The lowest BCUT2D eigenvalue weighted by atomic mass is 9.49. The van der Waals surface area contributed by atoms with Gasteiger partial charge in [0, 0.05) is 20.7 Å².